The molecule has 0 aromatic heterocycles. The Hall–Kier alpha value is -1.18. The SMILES string of the molecule is CC(C)(C)N(CC(=O)O)C(=O)c1ccc(F)cc1I. The maximum atomic E-state index is 13.0. The van der Waals surface area contributed by atoms with Crippen molar-refractivity contribution in [3.63, 3.8) is 0 Å². The summed E-state index contributed by atoms with van der Waals surface area (Å²) >= 11 is 1.86. The van der Waals surface area contributed by atoms with Crippen molar-refractivity contribution < 1.29 is 19.1 Å². The van der Waals surface area contributed by atoms with Gasteiger partial charge < -0.3 is 10.0 Å². The van der Waals surface area contributed by atoms with Crippen LogP contribution in [0.25, 0.3) is 0 Å². The number of amides is 1. The van der Waals surface area contributed by atoms with E-state index in [2.05, 4.69) is 0 Å². The van der Waals surface area contributed by atoms with Gasteiger partial charge in [0.15, 0.2) is 0 Å². The van der Waals surface area contributed by atoms with Crippen LogP contribution in [0.4, 0.5) is 4.39 Å². The van der Waals surface area contributed by atoms with Gasteiger partial charge in [-0.05, 0) is 61.6 Å². The van der Waals surface area contributed by atoms with Crippen LogP contribution >= 0.6 is 22.6 Å². The van der Waals surface area contributed by atoms with Gasteiger partial charge in [0.2, 0.25) is 0 Å². The number of aliphatic carboxylic acids is 1. The second kappa shape index (κ2) is 5.85. The van der Waals surface area contributed by atoms with Crippen molar-refractivity contribution in [2.45, 2.75) is 26.3 Å². The van der Waals surface area contributed by atoms with Crippen molar-refractivity contribution in [1.29, 1.82) is 0 Å². The molecule has 1 aromatic rings. The minimum Gasteiger partial charge on any atom is -0.480 e. The van der Waals surface area contributed by atoms with E-state index in [9.17, 15) is 14.0 Å². The number of rotatable bonds is 3. The van der Waals surface area contributed by atoms with Gasteiger partial charge in [-0.15, -0.1) is 0 Å². The monoisotopic (exact) mass is 379 g/mol. The van der Waals surface area contributed by atoms with E-state index < -0.39 is 29.8 Å². The Morgan fingerprint density at radius 3 is 2.37 bits per heavy atom. The molecule has 0 saturated heterocycles. The molecule has 4 nitrogen and oxygen atoms in total. The lowest BCUT2D eigenvalue weighted by molar-refractivity contribution is -0.138. The Morgan fingerprint density at radius 2 is 1.95 bits per heavy atom. The first-order valence-electron chi connectivity index (χ1n) is 5.61. The Labute approximate surface area is 124 Å². The molecule has 0 aliphatic heterocycles. The highest BCUT2D eigenvalue weighted by Gasteiger charge is 2.30. The molecule has 6 heteroatoms. The van der Waals surface area contributed by atoms with Crippen molar-refractivity contribution in [2.24, 2.45) is 0 Å². The average Bonchev–Trinajstić information content (AvgIpc) is 2.23. The predicted octanol–water partition coefficient (Wildman–Crippen LogP) is 2.76. The van der Waals surface area contributed by atoms with Crippen LogP contribution in [-0.2, 0) is 4.79 Å². The summed E-state index contributed by atoms with van der Waals surface area (Å²) in [5.74, 6) is -1.93. The van der Waals surface area contributed by atoms with Gasteiger partial charge in [0, 0.05) is 9.11 Å². The fourth-order valence-corrected chi connectivity index (χ4v) is 2.27. The molecule has 0 spiro atoms. The molecule has 1 amide bonds. The van der Waals surface area contributed by atoms with Crippen molar-refractivity contribution in [3.8, 4) is 0 Å². The van der Waals surface area contributed by atoms with E-state index in [0.717, 1.165) is 0 Å². The van der Waals surface area contributed by atoms with Crippen LogP contribution in [0, 0.1) is 9.39 Å². The maximum Gasteiger partial charge on any atom is 0.323 e. The number of carbonyl (C=O) groups is 2. The smallest absolute Gasteiger partial charge is 0.323 e. The van der Waals surface area contributed by atoms with Crippen molar-refractivity contribution in [3.05, 3.63) is 33.1 Å². The summed E-state index contributed by atoms with van der Waals surface area (Å²) in [5, 5.41) is 8.90. The third-order valence-corrected chi connectivity index (χ3v) is 3.40. The van der Waals surface area contributed by atoms with Gasteiger partial charge in [0.25, 0.3) is 5.91 Å². The van der Waals surface area contributed by atoms with Gasteiger partial charge in [-0.25, -0.2) is 4.39 Å². The summed E-state index contributed by atoms with van der Waals surface area (Å²) in [6, 6.07) is 3.81. The second-order valence-electron chi connectivity index (χ2n) is 5.08. The maximum absolute atomic E-state index is 13.0. The molecule has 19 heavy (non-hydrogen) atoms. The van der Waals surface area contributed by atoms with Gasteiger partial charge in [-0.1, -0.05) is 0 Å². The first kappa shape index (κ1) is 15.9. The van der Waals surface area contributed by atoms with E-state index in [4.69, 9.17) is 5.11 Å². The molecule has 104 valence electrons. The highest BCUT2D eigenvalue weighted by atomic mass is 127. The topological polar surface area (TPSA) is 57.6 Å². The second-order valence-corrected chi connectivity index (χ2v) is 6.24. The molecular weight excluding hydrogens is 364 g/mol. The summed E-state index contributed by atoms with van der Waals surface area (Å²) in [4.78, 5) is 24.5. The predicted molar refractivity (Wildman–Crippen MR) is 77.5 cm³/mol. The minimum atomic E-state index is -1.08. The fourth-order valence-electron chi connectivity index (χ4n) is 1.56. The summed E-state index contributed by atoms with van der Waals surface area (Å²) in [6.07, 6.45) is 0. The molecule has 0 heterocycles. The first-order chi connectivity index (χ1) is 8.62. The van der Waals surface area contributed by atoms with Gasteiger partial charge in [0.1, 0.15) is 12.4 Å². The van der Waals surface area contributed by atoms with E-state index in [1.54, 1.807) is 20.8 Å². The van der Waals surface area contributed by atoms with Gasteiger partial charge in [0.05, 0.1) is 5.56 Å². The number of hydrogen-bond acceptors (Lipinski definition) is 2. The normalized spacial score (nSPS) is 11.2. The lowest BCUT2D eigenvalue weighted by atomic mass is 10.0. The number of benzene rings is 1. The Bertz CT molecular complexity index is 511. The van der Waals surface area contributed by atoms with Gasteiger partial charge in [-0.2, -0.15) is 0 Å². The fraction of sp³-hybridized carbons (Fsp3) is 0.385. The minimum absolute atomic E-state index is 0.304. The Morgan fingerprint density at radius 1 is 1.37 bits per heavy atom. The molecule has 1 N–H and O–H groups in total. The Kier molecular flexibility index (Phi) is 4.89. The molecule has 0 unspecified atom stereocenters. The van der Waals surface area contributed by atoms with Gasteiger partial charge in [-0.3, -0.25) is 9.59 Å². The Balaban J connectivity index is 3.16. The largest absolute Gasteiger partial charge is 0.480 e. The summed E-state index contributed by atoms with van der Waals surface area (Å²) in [6.45, 7) is 4.87. The van der Waals surface area contributed by atoms with E-state index in [-0.39, 0.29) is 0 Å². The molecule has 0 aliphatic rings. The van der Waals surface area contributed by atoms with E-state index in [1.165, 1.54) is 23.1 Å². The lowest BCUT2D eigenvalue weighted by Gasteiger charge is -2.34. The highest BCUT2D eigenvalue weighted by molar-refractivity contribution is 14.1. The number of carboxylic acids is 1. The van der Waals surface area contributed by atoms with E-state index in [1.807, 2.05) is 22.6 Å². The van der Waals surface area contributed by atoms with Crippen molar-refractivity contribution in [2.75, 3.05) is 6.54 Å². The number of carboxylic acid groups (broad SMARTS) is 1. The van der Waals surface area contributed by atoms with Crippen LogP contribution in [0.15, 0.2) is 18.2 Å². The number of halogens is 2. The molecule has 1 rings (SSSR count). The molecule has 0 radical (unpaired) electrons. The third kappa shape index (κ3) is 4.15. The molecule has 0 atom stereocenters. The van der Waals surface area contributed by atoms with Gasteiger partial charge >= 0.3 is 5.97 Å². The quantitative estimate of drug-likeness (QED) is 0.822. The van der Waals surface area contributed by atoms with Crippen LogP contribution in [-0.4, -0.2) is 34.0 Å². The lowest BCUT2D eigenvalue weighted by Crippen LogP contribution is -2.48. The standard InChI is InChI=1S/C13H15FINO3/c1-13(2,3)16(7-11(17)18)12(19)9-5-4-8(14)6-10(9)15/h4-6H,7H2,1-3H3,(H,17,18). The summed E-state index contributed by atoms with van der Waals surface area (Å²) in [7, 11) is 0. The zero-order chi connectivity index (χ0) is 14.8. The van der Waals surface area contributed by atoms with Crippen LogP contribution in [0.2, 0.25) is 0 Å². The van der Waals surface area contributed by atoms with Crippen LogP contribution in [0.3, 0.4) is 0 Å². The summed E-state index contributed by atoms with van der Waals surface area (Å²) < 4.78 is 13.5. The number of nitrogens with zero attached hydrogens (tertiary/aromatic N) is 1. The first-order valence-corrected chi connectivity index (χ1v) is 6.69. The highest BCUT2D eigenvalue weighted by Crippen LogP contribution is 2.21. The van der Waals surface area contributed by atoms with Crippen LogP contribution in [0.1, 0.15) is 31.1 Å². The van der Waals surface area contributed by atoms with Crippen molar-refractivity contribution in [1.82, 2.24) is 4.90 Å². The van der Waals surface area contributed by atoms with Crippen LogP contribution in [0.5, 0.6) is 0 Å². The zero-order valence-electron chi connectivity index (χ0n) is 10.9. The molecule has 0 aliphatic carbocycles. The molecule has 1 aromatic carbocycles. The average molecular weight is 379 g/mol. The molecule has 0 bridgehead atoms. The number of carbonyl (C=O) groups excluding carboxylic acids is 1. The van der Waals surface area contributed by atoms with Crippen LogP contribution < -0.4 is 0 Å². The van der Waals surface area contributed by atoms with Crippen molar-refractivity contribution >= 4 is 34.5 Å². The third-order valence-electron chi connectivity index (χ3n) is 2.51. The molecule has 0 fully saturated rings. The molecular formula is C13H15FINO3. The zero-order valence-corrected chi connectivity index (χ0v) is 13.1. The molecule has 0 saturated carbocycles. The summed E-state index contributed by atoms with van der Waals surface area (Å²) in [5.41, 5.74) is -0.328. The number of hydrogen-bond donors (Lipinski definition) is 1. The van der Waals surface area contributed by atoms with E-state index >= 15 is 0 Å². The van der Waals surface area contributed by atoms with E-state index in [0.29, 0.717) is 9.13 Å².